The monoisotopic (exact) mass is 201 g/mol. The second-order valence-electron chi connectivity index (χ2n) is 3.98. The zero-order chi connectivity index (χ0) is 11.3. The Morgan fingerprint density at radius 1 is 1.27 bits per heavy atom. The molecule has 15 heavy (non-hydrogen) atoms. The molecule has 1 atom stereocenters. The Bertz CT molecular complexity index is 340. The van der Waals surface area contributed by atoms with E-state index in [0.717, 1.165) is 13.0 Å². The highest BCUT2D eigenvalue weighted by molar-refractivity contribution is 5.30. The van der Waals surface area contributed by atoms with Gasteiger partial charge in [0.2, 0.25) is 0 Å². The minimum atomic E-state index is 0.149. The van der Waals surface area contributed by atoms with Gasteiger partial charge in [0.15, 0.2) is 0 Å². The van der Waals surface area contributed by atoms with Gasteiger partial charge in [-0.2, -0.15) is 0 Å². The first-order valence-electron chi connectivity index (χ1n) is 5.42. The fourth-order valence-electron chi connectivity index (χ4n) is 1.86. The maximum atomic E-state index is 5.47. The summed E-state index contributed by atoms with van der Waals surface area (Å²) in [6.07, 6.45) is 6.38. The van der Waals surface area contributed by atoms with E-state index in [0.29, 0.717) is 0 Å². The lowest BCUT2D eigenvalue weighted by atomic mass is 10.0. The molecule has 0 fully saturated rings. The summed E-state index contributed by atoms with van der Waals surface area (Å²) in [5.41, 5.74) is 3.92. The molecule has 1 aromatic rings. The summed E-state index contributed by atoms with van der Waals surface area (Å²) in [7, 11) is 0. The third-order valence-corrected chi connectivity index (χ3v) is 2.37. The molecule has 1 unspecified atom stereocenters. The number of likely N-dealkylation sites (N-methyl/N-ethyl adjacent to an activating group) is 1. The summed E-state index contributed by atoms with van der Waals surface area (Å²) in [6.45, 7) is 7.23. The highest BCUT2D eigenvalue weighted by Gasteiger charge is 2.04. The van der Waals surface area contributed by atoms with Crippen LogP contribution in [-0.2, 0) is 6.42 Å². The normalized spacial score (nSPS) is 12.1. The van der Waals surface area contributed by atoms with Crippen LogP contribution in [0.25, 0.3) is 0 Å². The quantitative estimate of drug-likeness (QED) is 0.738. The zero-order valence-corrected chi connectivity index (χ0v) is 9.80. The molecule has 80 valence electrons. The second kappa shape index (κ2) is 5.58. The molecule has 1 rings (SSSR count). The number of hydrogen-bond donors (Lipinski definition) is 1. The molecule has 0 bridgehead atoms. The van der Waals surface area contributed by atoms with Crippen molar-refractivity contribution >= 4 is 0 Å². The molecular weight excluding hydrogens is 182 g/mol. The van der Waals surface area contributed by atoms with Crippen LogP contribution in [0.15, 0.2) is 18.2 Å². The smallest absolute Gasteiger partial charge is 0.0727 e. The molecule has 0 aliphatic heterocycles. The van der Waals surface area contributed by atoms with Gasteiger partial charge in [0.1, 0.15) is 0 Å². The number of hydrogen-bond acceptors (Lipinski definition) is 1. The van der Waals surface area contributed by atoms with Crippen molar-refractivity contribution in [1.29, 1.82) is 0 Å². The third-order valence-electron chi connectivity index (χ3n) is 2.37. The second-order valence-corrected chi connectivity index (χ2v) is 3.98. The molecule has 0 amide bonds. The van der Waals surface area contributed by atoms with Gasteiger partial charge < -0.3 is 5.32 Å². The molecule has 1 heteroatoms. The Balaban J connectivity index is 2.75. The van der Waals surface area contributed by atoms with Gasteiger partial charge in [0, 0.05) is 0 Å². The fraction of sp³-hybridized carbons (Fsp3) is 0.429. The highest BCUT2D eigenvalue weighted by atomic mass is 14.9. The van der Waals surface area contributed by atoms with Gasteiger partial charge in [-0.3, -0.25) is 0 Å². The van der Waals surface area contributed by atoms with Crippen molar-refractivity contribution in [1.82, 2.24) is 5.32 Å². The Hall–Kier alpha value is -1.26. The Kier molecular flexibility index (Phi) is 4.39. The largest absolute Gasteiger partial charge is 0.304 e. The van der Waals surface area contributed by atoms with Gasteiger partial charge in [-0.15, -0.1) is 6.42 Å². The third kappa shape index (κ3) is 3.77. The molecule has 0 aromatic heterocycles. The lowest BCUT2D eigenvalue weighted by Crippen LogP contribution is -2.29. The van der Waals surface area contributed by atoms with Gasteiger partial charge >= 0.3 is 0 Å². The maximum Gasteiger partial charge on any atom is 0.0727 e. The topological polar surface area (TPSA) is 12.0 Å². The SMILES string of the molecule is C#CC(Cc1cc(C)cc(C)c1)NCC. The summed E-state index contributed by atoms with van der Waals surface area (Å²) in [5, 5.41) is 3.28. The van der Waals surface area contributed by atoms with Crippen LogP contribution in [0.3, 0.4) is 0 Å². The standard InChI is InChI=1S/C14H19N/c1-5-14(15-6-2)10-13-8-11(3)7-12(4)9-13/h1,7-9,14-15H,6,10H2,2-4H3. The minimum Gasteiger partial charge on any atom is -0.304 e. The predicted molar refractivity (Wildman–Crippen MR) is 65.9 cm³/mol. The van der Waals surface area contributed by atoms with Gasteiger partial charge in [-0.25, -0.2) is 0 Å². The van der Waals surface area contributed by atoms with Crippen molar-refractivity contribution in [2.75, 3.05) is 6.54 Å². The average molecular weight is 201 g/mol. The van der Waals surface area contributed by atoms with Crippen molar-refractivity contribution in [2.24, 2.45) is 0 Å². The lowest BCUT2D eigenvalue weighted by Gasteiger charge is -2.12. The van der Waals surface area contributed by atoms with E-state index in [-0.39, 0.29) is 6.04 Å². The predicted octanol–water partition coefficient (Wildman–Crippen LogP) is 2.46. The Morgan fingerprint density at radius 3 is 2.33 bits per heavy atom. The molecule has 0 saturated carbocycles. The molecule has 0 aliphatic rings. The Labute approximate surface area is 92.9 Å². The van der Waals surface area contributed by atoms with Crippen LogP contribution in [0, 0.1) is 26.2 Å². The van der Waals surface area contributed by atoms with Crippen molar-refractivity contribution in [3.8, 4) is 12.3 Å². The summed E-state index contributed by atoms with van der Waals surface area (Å²) < 4.78 is 0. The maximum absolute atomic E-state index is 5.47. The first-order valence-corrected chi connectivity index (χ1v) is 5.42. The van der Waals surface area contributed by atoms with Gasteiger partial charge in [0.05, 0.1) is 6.04 Å². The molecule has 0 spiro atoms. The van der Waals surface area contributed by atoms with Crippen molar-refractivity contribution < 1.29 is 0 Å². The minimum absolute atomic E-state index is 0.149. The van der Waals surface area contributed by atoms with E-state index >= 15 is 0 Å². The first-order chi connectivity index (χ1) is 7.15. The number of benzene rings is 1. The van der Waals surface area contributed by atoms with E-state index in [4.69, 9.17) is 6.42 Å². The van der Waals surface area contributed by atoms with Gasteiger partial charge in [0.25, 0.3) is 0 Å². The lowest BCUT2D eigenvalue weighted by molar-refractivity contribution is 0.628. The van der Waals surface area contributed by atoms with Crippen molar-refractivity contribution in [3.05, 3.63) is 34.9 Å². The number of nitrogens with one attached hydrogen (secondary N) is 1. The van der Waals surface area contributed by atoms with E-state index in [9.17, 15) is 0 Å². The molecule has 0 saturated heterocycles. The molecule has 1 aromatic carbocycles. The number of aryl methyl sites for hydroxylation is 2. The molecular formula is C14H19N. The van der Waals surface area contributed by atoms with Crippen LogP contribution >= 0.6 is 0 Å². The fourth-order valence-corrected chi connectivity index (χ4v) is 1.86. The first kappa shape index (κ1) is 11.8. The van der Waals surface area contributed by atoms with E-state index in [1.54, 1.807) is 0 Å². The van der Waals surface area contributed by atoms with Crippen LogP contribution in [0.5, 0.6) is 0 Å². The number of terminal acetylenes is 1. The molecule has 1 nitrogen and oxygen atoms in total. The molecule has 0 radical (unpaired) electrons. The van der Waals surface area contributed by atoms with Crippen LogP contribution in [0.2, 0.25) is 0 Å². The summed E-state index contributed by atoms with van der Waals surface area (Å²) in [4.78, 5) is 0. The van der Waals surface area contributed by atoms with E-state index in [1.165, 1.54) is 16.7 Å². The van der Waals surface area contributed by atoms with Crippen molar-refractivity contribution in [2.45, 2.75) is 33.2 Å². The zero-order valence-electron chi connectivity index (χ0n) is 9.80. The van der Waals surface area contributed by atoms with Gasteiger partial charge in [-0.05, 0) is 32.4 Å². The van der Waals surface area contributed by atoms with Crippen LogP contribution in [0.4, 0.5) is 0 Å². The molecule has 0 aliphatic carbocycles. The van der Waals surface area contributed by atoms with Crippen molar-refractivity contribution in [3.63, 3.8) is 0 Å². The molecule has 1 N–H and O–H groups in total. The van der Waals surface area contributed by atoms with Crippen LogP contribution in [-0.4, -0.2) is 12.6 Å². The van der Waals surface area contributed by atoms with E-state index < -0.39 is 0 Å². The number of rotatable bonds is 4. The summed E-state index contributed by atoms with van der Waals surface area (Å²) in [6, 6.07) is 6.74. The molecule has 0 heterocycles. The van der Waals surface area contributed by atoms with Gasteiger partial charge in [-0.1, -0.05) is 42.2 Å². The van der Waals surface area contributed by atoms with E-state index in [1.807, 2.05) is 0 Å². The van der Waals surface area contributed by atoms with E-state index in [2.05, 4.69) is 50.2 Å². The Morgan fingerprint density at radius 2 is 1.87 bits per heavy atom. The highest BCUT2D eigenvalue weighted by Crippen LogP contribution is 2.10. The van der Waals surface area contributed by atoms with Crippen LogP contribution < -0.4 is 5.32 Å². The summed E-state index contributed by atoms with van der Waals surface area (Å²) >= 11 is 0. The summed E-state index contributed by atoms with van der Waals surface area (Å²) in [5.74, 6) is 2.78. The van der Waals surface area contributed by atoms with Crippen LogP contribution in [0.1, 0.15) is 23.6 Å². The average Bonchev–Trinajstić information content (AvgIpc) is 2.15.